The van der Waals surface area contributed by atoms with Crippen molar-refractivity contribution in [1.82, 2.24) is 19.4 Å². The fraction of sp³-hybridized carbons (Fsp3) is 0.727. The Bertz CT molecular complexity index is 1210. The highest BCUT2D eigenvalue weighted by molar-refractivity contribution is 5.88. The fourth-order valence-corrected chi connectivity index (χ4v) is 5.35. The van der Waals surface area contributed by atoms with Gasteiger partial charge < -0.3 is 55.5 Å². The van der Waals surface area contributed by atoms with Crippen LogP contribution in [0, 0.1) is 0 Å². The van der Waals surface area contributed by atoms with Gasteiger partial charge in [-0.3, -0.25) is 24.0 Å². The minimum absolute atomic E-state index is 0.210. The van der Waals surface area contributed by atoms with E-state index < -0.39 is 96.6 Å². The summed E-state index contributed by atoms with van der Waals surface area (Å²) in [6.07, 6.45) is -14.8. The third-order valence-corrected chi connectivity index (χ3v) is 7.46. The number of β-amino-alcohol motifs (C(OH)–C–C–N with tert-alkyl or cyclic N) is 1. The zero-order chi connectivity index (χ0) is 29.6. The molecule has 3 fully saturated rings. The number of rotatable bonds is 7. The van der Waals surface area contributed by atoms with Crippen molar-refractivity contribution in [1.29, 1.82) is 0 Å². The lowest BCUT2D eigenvalue weighted by Crippen LogP contribution is -2.59. The third kappa shape index (κ3) is 5.30. The van der Waals surface area contributed by atoms with Crippen LogP contribution in [0.2, 0.25) is 0 Å². The van der Waals surface area contributed by atoms with Crippen LogP contribution >= 0.6 is 0 Å². The molecule has 0 saturated carbocycles. The summed E-state index contributed by atoms with van der Waals surface area (Å²) >= 11 is 0. The number of carboxylic acids is 1. The number of aromatic amines is 1. The van der Waals surface area contributed by atoms with Crippen LogP contribution in [0.5, 0.6) is 0 Å². The second-order valence-corrected chi connectivity index (χ2v) is 10.0. The summed E-state index contributed by atoms with van der Waals surface area (Å²) in [7, 11) is 2.51. The summed E-state index contributed by atoms with van der Waals surface area (Å²) in [6, 6.07) is -2.18. The summed E-state index contributed by atoms with van der Waals surface area (Å²) in [6.45, 7) is -0.577. The smallest absolute Gasteiger partial charge is 0.330 e. The zero-order valence-electron chi connectivity index (χ0n) is 21.5. The van der Waals surface area contributed by atoms with E-state index in [1.807, 2.05) is 4.98 Å². The number of aliphatic carboxylic acids is 1. The normalized spacial score (nSPS) is 39.9. The van der Waals surface area contributed by atoms with Crippen LogP contribution in [0.3, 0.4) is 0 Å². The molecule has 18 heteroatoms. The van der Waals surface area contributed by atoms with E-state index in [0.29, 0.717) is 0 Å². The highest BCUT2D eigenvalue weighted by atomic mass is 16.7. The molecule has 4 rings (SSSR count). The van der Waals surface area contributed by atoms with Crippen molar-refractivity contribution < 1.29 is 54.4 Å². The molecule has 0 bridgehead atoms. The van der Waals surface area contributed by atoms with E-state index >= 15 is 0 Å². The highest BCUT2D eigenvalue weighted by Gasteiger charge is 2.56. The third-order valence-electron chi connectivity index (χ3n) is 7.46. The Morgan fingerprint density at radius 1 is 1.10 bits per heavy atom. The monoisotopic (exact) mass is 575 g/mol. The number of hydrogen-bond acceptors (Lipinski definition) is 14. The number of aliphatic hydroxyl groups is 5. The van der Waals surface area contributed by atoms with Gasteiger partial charge in [0.2, 0.25) is 5.91 Å². The molecule has 4 heterocycles. The predicted molar refractivity (Wildman–Crippen MR) is 128 cm³/mol. The molecule has 3 saturated heterocycles. The van der Waals surface area contributed by atoms with E-state index in [9.17, 15) is 49.8 Å². The van der Waals surface area contributed by atoms with Crippen molar-refractivity contribution in [2.24, 2.45) is 5.73 Å². The Balaban J connectivity index is 1.75. The number of carbonyl (C=O) groups excluding carboxylic acids is 1. The number of carboxylic acid groups (broad SMARTS) is 1. The van der Waals surface area contributed by atoms with Gasteiger partial charge in [0.05, 0.1) is 6.10 Å². The predicted octanol–water partition coefficient (Wildman–Crippen LogP) is -6.47. The lowest BCUT2D eigenvalue weighted by atomic mass is 9.97. The number of hydrogen-bond donors (Lipinski definition) is 8. The van der Waals surface area contributed by atoms with Gasteiger partial charge in [0.15, 0.2) is 18.6 Å². The minimum atomic E-state index is -1.84. The Morgan fingerprint density at radius 3 is 2.35 bits per heavy atom. The molecule has 1 amide bonds. The van der Waals surface area contributed by atoms with Crippen LogP contribution in [0.4, 0.5) is 0 Å². The molecule has 0 aliphatic carbocycles. The first kappa shape index (κ1) is 30.2. The van der Waals surface area contributed by atoms with Crippen LogP contribution in [-0.2, 0) is 23.8 Å². The Morgan fingerprint density at radius 2 is 1.77 bits per heavy atom. The number of likely N-dealkylation sites (N-methyl/N-ethyl adjacent to an activating group) is 2. The van der Waals surface area contributed by atoms with Crippen LogP contribution in [0.15, 0.2) is 21.9 Å². The molecule has 3 aliphatic rings. The van der Waals surface area contributed by atoms with Gasteiger partial charge in [-0.25, -0.2) is 9.59 Å². The maximum Gasteiger partial charge on any atom is 0.330 e. The summed E-state index contributed by atoms with van der Waals surface area (Å²) in [5, 5.41) is 62.8. The van der Waals surface area contributed by atoms with Gasteiger partial charge >= 0.3 is 11.7 Å². The molecule has 0 unspecified atom stereocenters. The minimum Gasteiger partial charge on any atom is -0.480 e. The van der Waals surface area contributed by atoms with Crippen LogP contribution in [0.25, 0.3) is 0 Å². The molecule has 0 aromatic carbocycles. The summed E-state index contributed by atoms with van der Waals surface area (Å²) in [4.78, 5) is 53.4. The van der Waals surface area contributed by atoms with Crippen molar-refractivity contribution in [2.75, 3.05) is 27.2 Å². The van der Waals surface area contributed by atoms with Gasteiger partial charge in [0, 0.05) is 32.4 Å². The lowest BCUT2D eigenvalue weighted by molar-refractivity contribution is -0.233. The molecule has 1 aromatic heterocycles. The number of carbonyl (C=O) groups is 2. The lowest BCUT2D eigenvalue weighted by Gasteiger charge is -2.38. The number of ether oxygens (including phenoxy) is 3. The Labute approximate surface area is 225 Å². The quantitative estimate of drug-likeness (QED) is 0.150. The van der Waals surface area contributed by atoms with E-state index in [4.69, 9.17) is 19.9 Å². The highest BCUT2D eigenvalue weighted by Crippen LogP contribution is 2.36. The van der Waals surface area contributed by atoms with Crippen molar-refractivity contribution >= 4 is 11.9 Å². The van der Waals surface area contributed by atoms with Crippen LogP contribution in [-0.4, -0.2) is 156 Å². The van der Waals surface area contributed by atoms with E-state index in [1.165, 1.54) is 11.9 Å². The summed E-state index contributed by atoms with van der Waals surface area (Å²) < 4.78 is 18.1. The molecule has 0 spiro atoms. The molecule has 40 heavy (non-hydrogen) atoms. The Kier molecular flexibility index (Phi) is 8.76. The molecule has 9 N–H and O–H groups in total. The molecule has 3 aliphatic heterocycles. The van der Waals surface area contributed by atoms with Crippen molar-refractivity contribution in [3.05, 3.63) is 33.1 Å². The second-order valence-electron chi connectivity index (χ2n) is 10.0. The maximum absolute atomic E-state index is 13.6. The van der Waals surface area contributed by atoms with E-state index in [-0.39, 0.29) is 13.1 Å². The first-order chi connectivity index (χ1) is 18.8. The van der Waals surface area contributed by atoms with E-state index in [2.05, 4.69) is 0 Å². The summed E-state index contributed by atoms with van der Waals surface area (Å²) in [5.74, 6) is -2.38. The molecule has 18 nitrogen and oxygen atoms in total. The topological polar surface area (TPSA) is 271 Å². The van der Waals surface area contributed by atoms with Crippen molar-refractivity contribution in [2.45, 2.75) is 73.4 Å². The number of aromatic nitrogens is 2. The fourth-order valence-electron chi connectivity index (χ4n) is 5.35. The Hall–Kier alpha value is -2.78. The van der Waals surface area contributed by atoms with E-state index in [1.54, 1.807) is 0 Å². The first-order valence-corrected chi connectivity index (χ1v) is 12.4. The van der Waals surface area contributed by atoms with Gasteiger partial charge in [0.25, 0.3) is 5.56 Å². The number of aliphatic hydroxyl groups excluding tert-OH is 5. The van der Waals surface area contributed by atoms with E-state index in [0.717, 1.165) is 28.8 Å². The number of H-pyrrole nitrogens is 1. The standard InChI is InChI=1S/C22H33N5O13/c1-25-6-7(28)10(20(35)36)26(2)18(34)11(25)16(40-21-15(33)12(30)8(5-23)38-21)17-13(31)14(32)19(39-17)27-4-3-9(29)24-22(27)37/h3-4,7-8,10-17,19,21,28,30-33H,5-6,23H2,1-2H3,(H,35,36)(H,24,29,37)/t7-,8+,10-,11-,12+,13-,14+,15+,16-,17-,19+,21-/m0/s1. The van der Waals surface area contributed by atoms with Gasteiger partial charge in [-0.05, 0) is 7.05 Å². The summed E-state index contributed by atoms with van der Waals surface area (Å²) in [5.41, 5.74) is 3.87. The number of nitrogens with one attached hydrogen (secondary N) is 1. The molecule has 12 atom stereocenters. The molecular formula is C22H33N5O13. The van der Waals surface area contributed by atoms with Crippen LogP contribution < -0.4 is 17.0 Å². The van der Waals surface area contributed by atoms with Gasteiger partial charge in [-0.2, -0.15) is 0 Å². The van der Waals surface area contributed by atoms with Gasteiger partial charge in [0.1, 0.15) is 48.8 Å². The number of nitrogens with zero attached hydrogens (tertiary/aromatic N) is 3. The molecular weight excluding hydrogens is 542 g/mol. The molecule has 1 aromatic rings. The molecule has 224 valence electrons. The zero-order valence-corrected chi connectivity index (χ0v) is 21.5. The molecule has 0 radical (unpaired) electrons. The largest absolute Gasteiger partial charge is 0.480 e. The van der Waals surface area contributed by atoms with Crippen LogP contribution in [0.1, 0.15) is 6.23 Å². The van der Waals surface area contributed by atoms with Gasteiger partial charge in [-0.15, -0.1) is 0 Å². The van der Waals surface area contributed by atoms with Crippen molar-refractivity contribution in [3.63, 3.8) is 0 Å². The number of nitrogens with two attached hydrogens (primary N) is 1. The van der Waals surface area contributed by atoms with Crippen molar-refractivity contribution in [3.8, 4) is 0 Å². The maximum atomic E-state index is 13.6. The average molecular weight is 576 g/mol. The number of amides is 1. The SMILES string of the molecule is CN1C[C@H](O)[C@@H](C(=O)O)N(C)C(=O)[C@@H]1[C@H](O[C@@H]1O[C@H](CN)[C@@H](O)[C@H]1O)[C@H]1O[C@@H](n2ccc(=O)[nH]c2=O)[C@H](O)[C@@H]1O. The van der Waals surface area contributed by atoms with Gasteiger partial charge in [-0.1, -0.05) is 0 Å². The average Bonchev–Trinajstić information content (AvgIpc) is 3.29. The second kappa shape index (κ2) is 11.6. The first-order valence-electron chi connectivity index (χ1n) is 12.4.